The number of anilines is 1. The number of fused-ring (bicyclic) bond motifs is 1. The number of likely N-dealkylation sites (N-methyl/N-ethyl adjacent to an activating group) is 1. The number of aromatic amines is 1. The van der Waals surface area contributed by atoms with E-state index in [1.165, 1.54) is 13.4 Å². The summed E-state index contributed by atoms with van der Waals surface area (Å²) < 4.78 is 11.1. The average molecular weight is 341 g/mol. The molecule has 0 aliphatic rings. The molecule has 0 bridgehead atoms. The highest BCUT2D eigenvalue weighted by Crippen LogP contribution is 2.30. The lowest BCUT2D eigenvalue weighted by atomic mass is 10.2. The van der Waals surface area contributed by atoms with Gasteiger partial charge in [0.15, 0.2) is 11.5 Å². The van der Waals surface area contributed by atoms with Crippen LogP contribution in [-0.4, -0.2) is 47.2 Å². The molecule has 8 nitrogen and oxygen atoms in total. The molecule has 8 heteroatoms. The van der Waals surface area contributed by atoms with Crippen LogP contribution in [0, 0.1) is 6.92 Å². The molecule has 0 radical (unpaired) electrons. The van der Waals surface area contributed by atoms with Crippen LogP contribution < -0.4 is 19.9 Å². The number of hydrogen-bond acceptors (Lipinski definition) is 7. The van der Waals surface area contributed by atoms with Crippen LogP contribution in [0.25, 0.3) is 10.9 Å². The zero-order chi connectivity index (χ0) is 17.8. The Morgan fingerprint density at radius 1 is 1.24 bits per heavy atom. The Hall–Kier alpha value is -3.16. The van der Waals surface area contributed by atoms with E-state index in [0.717, 1.165) is 5.69 Å². The third kappa shape index (κ3) is 3.68. The van der Waals surface area contributed by atoms with E-state index in [4.69, 9.17) is 9.47 Å². The van der Waals surface area contributed by atoms with E-state index >= 15 is 0 Å². The molecule has 0 saturated heterocycles. The van der Waals surface area contributed by atoms with Gasteiger partial charge >= 0.3 is 0 Å². The van der Waals surface area contributed by atoms with Crippen LogP contribution in [0.2, 0.25) is 0 Å². The number of nitrogens with one attached hydrogen (secondary N) is 1. The van der Waals surface area contributed by atoms with E-state index in [1.54, 1.807) is 18.3 Å². The summed E-state index contributed by atoms with van der Waals surface area (Å²) in [6.45, 7) is 2.91. The molecule has 0 spiro atoms. The van der Waals surface area contributed by atoms with Crippen molar-refractivity contribution in [3.05, 3.63) is 46.8 Å². The van der Waals surface area contributed by atoms with Gasteiger partial charge in [-0.1, -0.05) is 0 Å². The molecule has 0 fully saturated rings. The van der Waals surface area contributed by atoms with Gasteiger partial charge in [-0.15, -0.1) is 0 Å². The van der Waals surface area contributed by atoms with Crippen LogP contribution in [-0.2, 0) is 0 Å². The van der Waals surface area contributed by atoms with E-state index in [-0.39, 0.29) is 5.56 Å². The number of benzene rings is 1. The van der Waals surface area contributed by atoms with Gasteiger partial charge in [-0.3, -0.25) is 4.79 Å². The van der Waals surface area contributed by atoms with Crippen molar-refractivity contribution >= 4 is 16.9 Å². The Balaban J connectivity index is 1.73. The molecule has 0 saturated carbocycles. The summed E-state index contributed by atoms with van der Waals surface area (Å²) in [5, 5.41) is 0.456. The molecule has 0 aliphatic carbocycles. The minimum atomic E-state index is -0.217. The summed E-state index contributed by atoms with van der Waals surface area (Å²) in [5.74, 6) is 1.66. The molecular weight excluding hydrogens is 322 g/mol. The highest BCUT2D eigenvalue weighted by molar-refractivity contribution is 5.81. The van der Waals surface area contributed by atoms with Gasteiger partial charge in [-0.05, 0) is 19.1 Å². The Morgan fingerprint density at radius 2 is 2.08 bits per heavy atom. The van der Waals surface area contributed by atoms with Crippen LogP contribution in [0.5, 0.6) is 11.5 Å². The van der Waals surface area contributed by atoms with E-state index in [1.807, 2.05) is 24.9 Å². The molecule has 3 rings (SSSR count). The van der Waals surface area contributed by atoms with Crippen molar-refractivity contribution in [1.29, 1.82) is 0 Å². The third-order valence-corrected chi connectivity index (χ3v) is 3.73. The van der Waals surface area contributed by atoms with Gasteiger partial charge < -0.3 is 19.4 Å². The number of aromatic nitrogens is 4. The number of nitrogens with zero attached hydrogens (tertiary/aromatic N) is 4. The molecule has 1 aromatic carbocycles. The zero-order valence-corrected chi connectivity index (χ0v) is 14.3. The first-order chi connectivity index (χ1) is 12.1. The maximum Gasteiger partial charge on any atom is 0.258 e. The Kier molecular flexibility index (Phi) is 4.78. The number of aryl methyl sites for hydroxylation is 1. The van der Waals surface area contributed by atoms with E-state index < -0.39 is 0 Å². The first kappa shape index (κ1) is 16.7. The fourth-order valence-corrected chi connectivity index (χ4v) is 2.36. The molecular formula is C17H19N5O3. The Bertz CT molecular complexity index is 941. The van der Waals surface area contributed by atoms with Gasteiger partial charge in [0.25, 0.3) is 5.56 Å². The van der Waals surface area contributed by atoms with Gasteiger partial charge in [0, 0.05) is 25.0 Å². The van der Waals surface area contributed by atoms with E-state index in [9.17, 15) is 4.79 Å². The average Bonchev–Trinajstić information content (AvgIpc) is 2.61. The van der Waals surface area contributed by atoms with Crippen molar-refractivity contribution < 1.29 is 9.47 Å². The lowest BCUT2D eigenvalue weighted by Gasteiger charge is -2.18. The first-order valence-electron chi connectivity index (χ1n) is 7.77. The van der Waals surface area contributed by atoms with Crippen molar-refractivity contribution in [3.8, 4) is 11.5 Å². The van der Waals surface area contributed by atoms with Crippen LogP contribution in [0.4, 0.5) is 5.95 Å². The van der Waals surface area contributed by atoms with Crippen molar-refractivity contribution in [1.82, 2.24) is 19.9 Å². The standard InChI is InChI=1S/C17H19N5O3/c1-11-4-5-18-17(21-11)22(2)6-7-25-15-9-13-12(8-14(15)24-3)16(23)20-10-19-13/h4-5,8-10H,6-7H2,1-3H3,(H,19,20,23). The molecule has 0 unspecified atom stereocenters. The number of hydrogen-bond donors (Lipinski definition) is 1. The molecule has 1 N–H and O–H groups in total. The van der Waals surface area contributed by atoms with Gasteiger partial charge in [-0.25, -0.2) is 15.0 Å². The highest BCUT2D eigenvalue weighted by atomic mass is 16.5. The van der Waals surface area contributed by atoms with Crippen LogP contribution in [0.3, 0.4) is 0 Å². The van der Waals surface area contributed by atoms with E-state index in [2.05, 4.69) is 19.9 Å². The Labute approximate surface area is 144 Å². The second-order valence-corrected chi connectivity index (χ2v) is 5.52. The van der Waals surface area contributed by atoms with Gasteiger partial charge in [0.05, 0.1) is 30.9 Å². The summed E-state index contributed by atoms with van der Waals surface area (Å²) in [6.07, 6.45) is 3.09. The number of H-pyrrole nitrogens is 1. The SMILES string of the molecule is COc1cc2c(=O)[nH]cnc2cc1OCCN(C)c1nccc(C)n1. The zero-order valence-electron chi connectivity index (χ0n) is 14.3. The summed E-state index contributed by atoms with van der Waals surface area (Å²) in [6, 6.07) is 5.18. The second-order valence-electron chi connectivity index (χ2n) is 5.52. The minimum Gasteiger partial charge on any atom is -0.493 e. The third-order valence-electron chi connectivity index (χ3n) is 3.73. The largest absolute Gasteiger partial charge is 0.493 e. The maximum absolute atomic E-state index is 11.8. The highest BCUT2D eigenvalue weighted by Gasteiger charge is 2.11. The molecule has 3 aromatic rings. The smallest absolute Gasteiger partial charge is 0.258 e. The molecule has 2 heterocycles. The van der Waals surface area contributed by atoms with Crippen molar-refractivity contribution in [2.75, 3.05) is 32.2 Å². The first-order valence-corrected chi connectivity index (χ1v) is 7.77. The molecule has 0 amide bonds. The predicted octanol–water partition coefficient (Wildman–Crippen LogP) is 1.55. The topological polar surface area (TPSA) is 93.2 Å². The normalized spacial score (nSPS) is 10.7. The summed E-state index contributed by atoms with van der Waals surface area (Å²) >= 11 is 0. The van der Waals surface area contributed by atoms with Crippen molar-refractivity contribution in [2.24, 2.45) is 0 Å². The minimum absolute atomic E-state index is 0.217. The second kappa shape index (κ2) is 7.16. The van der Waals surface area contributed by atoms with Gasteiger partial charge in [0.1, 0.15) is 6.61 Å². The lowest BCUT2D eigenvalue weighted by Crippen LogP contribution is -2.25. The predicted molar refractivity (Wildman–Crippen MR) is 94.4 cm³/mol. The summed E-state index contributed by atoms with van der Waals surface area (Å²) in [5.41, 5.74) is 1.24. The number of ether oxygens (including phenoxy) is 2. The Morgan fingerprint density at radius 3 is 2.84 bits per heavy atom. The van der Waals surface area contributed by atoms with Crippen LogP contribution >= 0.6 is 0 Å². The number of methoxy groups -OCH3 is 1. The van der Waals surface area contributed by atoms with Crippen LogP contribution in [0.1, 0.15) is 5.69 Å². The molecule has 25 heavy (non-hydrogen) atoms. The van der Waals surface area contributed by atoms with Crippen LogP contribution in [0.15, 0.2) is 35.5 Å². The summed E-state index contributed by atoms with van der Waals surface area (Å²) in [7, 11) is 3.43. The molecule has 0 aliphatic heterocycles. The van der Waals surface area contributed by atoms with Gasteiger partial charge in [0.2, 0.25) is 5.95 Å². The fraction of sp³-hybridized carbons (Fsp3) is 0.294. The molecule has 0 atom stereocenters. The lowest BCUT2D eigenvalue weighted by molar-refractivity contribution is 0.301. The maximum atomic E-state index is 11.8. The quantitative estimate of drug-likeness (QED) is 0.727. The van der Waals surface area contributed by atoms with Gasteiger partial charge in [-0.2, -0.15) is 0 Å². The fourth-order valence-electron chi connectivity index (χ4n) is 2.36. The molecule has 130 valence electrons. The van der Waals surface area contributed by atoms with Crippen molar-refractivity contribution in [3.63, 3.8) is 0 Å². The monoisotopic (exact) mass is 341 g/mol. The molecule has 2 aromatic heterocycles. The summed E-state index contributed by atoms with van der Waals surface area (Å²) in [4.78, 5) is 29.0. The van der Waals surface area contributed by atoms with Crippen molar-refractivity contribution in [2.45, 2.75) is 6.92 Å². The number of rotatable bonds is 6. The van der Waals surface area contributed by atoms with E-state index in [0.29, 0.717) is 41.5 Å².